The van der Waals surface area contributed by atoms with E-state index in [-0.39, 0.29) is 12.9 Å². The zero-order chi connectivity index (χ0) is 9.52. The summed E-state index contributed by atoms with van der Waals surface area (Å²) in [5.41, 5.74) is 1.01. The van der Waals surface area contributed by atoms with Crippen LogP contribution in [-0.2, 0) is 9.47 Å². The molecule has 0 aliphatic heterocycles. The van der Waals surface area contributed by atoms with Gasteiger partial charge >= 0.3 is 0 Å². The fourth-order valence-electron chi connectivity index (χ4n) is 1.15. The molecule has 0 amide bonds. The summed E-state index contributed by atoms with van der Waals surface area (Å²) in [4.78, 5) is 0. The third kappa shape index (κ3) is 3.14. The van der Waals surface area contributed by atoms with Gasteiger partial charge in [0.2, 0.25) is 0 Å². The maximum absolute atomic E-state index is 8.65. The van der Waals surface area contributed by atoms with Crippen LogP contribution < -0.4 is 0 Å². The monoisotopic (exact) mass is 182 g/mol. The molecule has 1 N–H and O–H groups in total. The van der Waals surface area contributed by atoms with Gasteiger partial charge in [-0.3, -0.25) is 0 Å². The highest BCUT2D eigenvalue weighted by Crippen LogP contribution is 2.16. The predicted octanol–water partition coefficient (Wildman–Crippen LogP) is 1.34. The van der Waals surface area contributed by atoms with E-state index in [9.17, 15) is 0 Å². The number of aliphatic hydroxyl groups excluding tert-OH is 1. The molecule has 1 rings (SSSR count). The first-order chi connectivity index (χ1) is 6.38. The van der Waals surface area contributed by atoms with Crippen molar-refractivity contribution in [3.8, 4) is 0 Å². The van der Waals surface area contributed by atoms with E-state index in [0.717, 1.165) is 5.56 Å². The Labute approximate surface area is 77.9 Å². The van der Waals surface area contributed by atoms with Crippen LogP contribution in [0.25, 0.3) is 0 Å². The van der Waals surface area contributed by atoms with Gasteiger partial charge in [-0.25, -0.2) is 0 Å². The molecule has 3 nitrogen and oxygen atoms in total. The molecule has 0 radical (unpaired) electrons. The quantitative estimate of drug-likeness (QED) is 0.698. The van der Waals surface area contributed by atoms with E-state index >= 15 is 0 Å². The average molecular weight is 182 g/mol. The lowest BCUT2D eigenvalue weighted by atomic mass is 10.1. The Kier molecular flexibility index (Phi) is 4.46. The van der Waals surface area contributed by atoms with Crippen LogP contribution in [-0.4, -0.2) is 25.6 Å². The first-order valence-corrected chi connectivity index (χ1v) is 4.15. The van der Waals surface area contributed by atoms with E-state index in [1.54, 1.807) is 7.11 Å². The standard InChI is InChI=1S/C10H14O3/c1-12-7-10(13-8-11)9-5-3-2-4-6-9/h2-6,10-11H,7-8H2,1H3. The summed E-state index contributed by atoms with van der Waals surface area (Å²) in [5, 5.41) is 8.65. The Bertz CT molecular complexity index is 217. The van der Waals surface area contributed by atoms with Gasteiger partial charge in [0.25, 0.3) is 0 Å². The van der Waals surface area contributed by atoms with Crippen molar-refractivity contribution in [2.45, 2.75) is 6.10 Å². The van der Waals surface area contributed by atoms with Crippen LogP contribution in [0.5, 0.6) is 0 Å². The summed E-state index contributed by atoms with van der Waals surface area (Å²) in [6, 6.07) is 9.68. The lowest BCUT2D eigenvalue weighted by Crippen LogP contribution is -2.11. The molecule has 0 saturated carbocycles. The van der Waals surface area contributed by atoms with Crippen molar-refractivity contribution in [1.29, 1.82) is 0 Å². The van der Waals surface area contributed by atoms with E-state index in [2.05, 4.69) is 0 Å². The minimum Gasteiger partial charge on any atom is -0.382 e. The second kappa shape index (κ2) is 5.70. The molecule has 0 aliphatic carbocycles. The van der Waals surface area contributed by atoms with Gasteiger partial charge < -0.3 is 14.6 Å². The molecule has 0 spiro atoms. The first-order valence-electron chi connectivity index (χ1n) is 4.15. The van der Waals surface area contributed by atoms with E-state index in [1.165, 1.54) is 0 Å². The predicted molar refractivity (Wildman–Crippen MR) is 49.2 cm³/mol. The van der Waals surface area contributed by atoms with E-state index in [0.29, 0.717) is 6.61 Å². The summed E-state index contributed by atoms with van der Waals surface area (Å²) in [7, 11) is 1.61. The third-order valence-corrected chi connectivity index (χ3v) is 1.77. The Morgan fingerprint density at radius 1 is 1.31 bits per heavy atom. The van der Waals surface area contributed by atoms with Gasteiger partial charge in [-0.1, -0.05) is 30.3 Å². The van der Waals surface area contributed by atoms with Crippen molar-refractivity contribution < 1.29 is 14.6 Å². The number of hydrogen-bond donors (Lipinski definition) is 1. The molecule has 72 valence electrons. The molecule has 0 fully saturated rings. The molecule has 13 heavy (non-hydrogen) atoms. The molecule has 0 heterocycles. The van der Waals surface area contributed by atoms with Crippen molar-refractivity contribution in [3.05, 3.63) is 35.9 Å². The highest BCUT2D eigenvalue weighted by atomic mass is 16.6. The number of aliphatic hydroxyl groups is 1. The Balaban J connectivity index is 2.64. The average Bonchev–Trinajstić information content (AvgIpc) is 2.19. The minimum absolute atomic E-state index is 0.184. The number of rotatable bonds is 5. The maximum atomic E-state index is 8.65. The Morgan fingerprint density at radius 3 is 2.54 bits per heavy atom. The fraction of sp³-hybridized carbons (Fsp3) is 0.400. The summed E-state index contributed by atoms with van der Waals surface area (Å²) in [5.74, 6) is 0. The second-order valence-corrected chi connectivity index (χ2v) is 2.65. The van der Waals surface area contributed by atoms with E-state index < -0.39 is 0 Å². The molecular weight excluding hydrogens is 168 g/mol. The second-order valence-electron chi connectivity index (χ2n) is 2.65. The van der Waals surface area contributed by atoms with Crippen molar-refractivity contribution >= 4 is 0 Å². The molecule has 1 aromatic carbocycles. The zero-order valence-electron chi connectivity index (χ0n) is 7.64. The van der Waals surface area contributed by atoms with Gasteiger partial charge in [0.15, 0.2) is 0 Å². The van der Waals surface area contributed by atoms with Gasteiger partial charge in [-0.15, -0.1) is 0 Å². The molecule has 0 bridgehead atoms. The number of ether oxygens (including phenoxy) is 2. The maximum Gasteiger partial charge on any atom is 0.144 e. The van der Waals surface area contributed by atoms with Gasteiger partial charge in [0.05, 0.1) is 6.61 Å². The summed E-state index contributed by atoms with van der Waals surface area (Å²) >= 11 is 0. The van der Waals surface area contributed by atoms with Gasteiger partial charge in [-0.2, -0.15) is 0 Å². The van der Waals surface area contributed by atoms with Gasteiger partial charge in [0, 0.05) is 7.11 Å². The molecule has 1 atom stereocenters. The molecule has 0 aromatic heterocycles. The Hall–Kier alpha value is -0.900. The van der Waals surface area contributed by atoms with Gasteiger partial charge in [0.1, 0.15) is 12.9 Å². The van der Waals surface area contributed by atoms with E-state index in [1.807, 2.05) is 30.3 Å². The van der Waals surface area contributed by atoms with Crippen LogP contribution in [0.2, 0.25) is 0 Å². The SMILES string of the molecule is COCC(OCO)c1ccccc1. The highest BCUT2D eigenvalue weighted by Gasteiger charge is 2.09. The van der Waals surface area contributed by atoms with Crippen molar-refractivity contribution in [1.82, 2.24) is 0 Å². The summed E-state index contributed by atoms with van der Waals surface area (Å²) in [6.45, 7) is 0.160. The number of methoxy groups -OCH3 is 1. The van der Waals surface area contributed by atoms with Crippen LogP contribution in [0.3, 0.4) is 0 Å². The fourth-order valence-corrected chi connectivity index (χ4v) is 1.15. The zero-order valence-corrected chi connectivity index (χ0v) is 7.64. The topological polar surface area (TPSA) is 38.7 Å². The van der Waals surface area contributed by atoms with Crippen LogP contribution in [0.15, 0.2) is 30.3 Å². The first kappa shape index (κ1) is 10.2. The molecule has 1 unspecified atom stereocenters. The van der Waals surface area contributed by atoms with Crippen molar-refractivity contribution in [3.63, 3.8) is 0 Å². The molecular formula is C10H14O3. The lowest BCUT2D eigenvalue weighted by Gasteiger charge is -2.15. The minimum atomic E-state index is -0.289. The van der Waals surface area contributed by atoms with Crippen molar-refractivity contribution in [2.75, 3.05) is 20.5 Å². The molecule has 3 heteroatoms. The smallest absolute Gasteiger partial charge is 0.144 e. The summed E-state index contributed by atoms with van der Waals surface area (Å²) < 4.78 is 10.1. The normalized spacial score (nSPS) is 12.8. The molecule has 0 saturated heterocycles. The number of hydrogen-bond acceptors (Lipinski definition) is 3. The molecule has 1 aromatic rings. The van der Waals surface area contributed by atoms with Crippen LogP contribution >= 0.6 is 0 Å². The van der Waals surface area contributed by atoms with Crippen LogP contribution in [0, 0.1) is 0 Å². The van der Waals surface area contributed by atoms with E-state index in [4.69, 9.17) is 14.6 Å². The number of benzene rings is 1. The highest BCUT2D eigenvalue weighted by molar-refractivity contribution is 5.17. The third-order valence-electron chi connectivity index (χ3n) is 1.77. The molecule has 0 aliphatic rings. The largest absolute Gasteiger partial charge is 0.382 e. The Morgan fingerprint density at radius 2 is 2.00 bits per heavy atom. The van der Waals surface area contributed by atoms with Crippen molar-refractivity contribution in [2.24, 2.45) is 0 Å². The summed E-state index contributed by atoms with van der Waals surface area (Å²) in [6.07, 6.45) is -0.184. The van der Waals surface area contributed by atoms with Gasteiger partial charge in [-0.05, 0) is 5.56 Å². The van der Waals surface area contributed by atoms with Crippen LogP contribution in [0.1, 0.15) is 11.7 Å². The lowest BCUT2D eigenvalue weighted by molar-refractivity contribution is -0.0770. The van der Waals surface area contributed by atoms with Crippen LogP contribution in [0.4, 0.5) is 0 Å².